The second-order valence-electron chi connectivity index (χ2n) is 2.32. The van der Waals surface area contributed by atoms with Crippen molar-refractivity contribution in [2.45, 2.75) is 0 Å². The van der Waals surface area contributed by atoms with E-state index in [1.165, 1.54) is 0 Å². The van der Waals surface area contributed by atoms with Gasteiger partial charge in [-0.2, -0.15) is 9.59 Å². The van der Waals surface area contributed by atoms with Crippen molar-refractivity contribution in [3.8, 4) is 0 Å². The van der Waals surface area contributed by atoms with Crippen molar-refractivity contribution >= 4 is 55.2 Å². The van der Waals surface area contributed by atoms with Crippen LogP contribution >= 0.6 is 0 Å². The number of aliphatic carboxylic acids is 4. The Hall–Kier alpha value is -4.14. The molecule has 0 fully saturated rings. The zero-order chi connectivity index (χ0) is 23.3. The van der Waals surface area contributed by atoms with Crippen molar-refractivity contribution < 1.29 is 78.6 Å². The third kappa shape index (κ3) is 251. The van der Waals surface area contributed by atoms with E-state index in [2.05, 4.69) is 0 Å². The van der Waals surface area contributed by atoms with Gasteiger partial charge < -0.3 is 35.4 Å². The Balaban J connectivity index is -0.0000000497. The highest BCUT2D eigenvalue weighted by Crippen LogP contribution is 1.56. The first-order valence-electron chi connectivity index (χ1n) is 5.33. The van der Waals surface area contributed by atoms with E-state index < -0.39 is 30.5 Å². The van der Waals surface area contributed by atoms with E-state index >= 15 is 0 Å². The number of carbonyl (C=O) groups excluding carboxylic acids is 6. The molecule has 16 nitrogen and oxygen atoms in total. The lowest BCUT2D eigenvalue weighted by atomic mass is 10.7. The van der Waals surface area contributed by atoms with Crippen LogP contribution in [0, 0.1) is 0 Å². The third-order valence-electron chi connectivity index (χ3n) is 0.549. The lowest BCUT2D eigenvalue weighted by Gasteiger charge is -1.72. The largest absolute Gasteiger partial charge is 0.480 e. The zero-order valence-corrected chi connectivity index (χ0v) is 13.0. The Kier molecular flexibility index (Phi) is 61.3. The molecule has 0 aliphatic rings. The second-order valence-corrected chi connectivity index (χ2v) is 2.32. The molecule has 0 heterocycles. The summed E-state index contributed by atoms with van der Waals surface area (Å²) in [5, 5.41) is 44.7. The monoisotopic (exact) mass is 402 g/mol. The Morgan fingerprint density at radius 2 is 0.926 bits per heavy atom. The number of carbonyl (C=O) groups is 8. The van der Waals surface area contributed by atoms with Gasteiger partial charge in [-0.05, 0) is 0 Å². The molecule has 0 unspecified atom stereocenters. The van der Waals surface area contributed by atoms with Crippen molar-refractivity contribution in [2.75, 3.05) is 13.2 Å². The van der Waals surface area contributed by atoms with Crippen LogP contribution in [0.2, 0.25) is 0 Å². The van der Waals surface area contributed by atoms with Gasteiger partial charge in [0.15, 0.2) is 12.6 Å². The van der Waals surface area contributed by atoms with E-state index in [0.29, 0.717) is 6.29 Å². The lowest BCUT2D eigenvalue weighted by Crippen LogP contribution is -2.09. The molecule has 0 amide bonds. The van der Waals surface area contributed by atoms with Gasteiger partial charge in [-0.3, -0.25) is 14.4 Å². The number of rotatable bonds is 4. The second kappa shape index (κ2) is 43.1. The molecule has 0 spiro atoms. The molecule has 16 heteroatoms. The first kappa shape index (κ1) is 38.4. The molecule has 0 atom stereocenters. The van der Waals surface area contributed by atoms with Gasteiger partial charge in [0.25, 0.3) is 0 Å². The van der Waals surface area contributed by atoms with Crippen molar-refractivity contribution in [3.05, 3.63) is 0 Å². The molecule has 0 saturated heterocycles. The fourth-order valence-corrected chi connectivity index (χ4v) is 0. The Morgan fingerprint density at radius 1 is 0.741 bits per heavy atom. The van der Waals surface area contributed by atoms with Crippen molar-refractivity contribution in [1.82, 2.24) is 0 Å². The molecule has 0 rings (SSSR count). The molecule has 154 valence electrons. The summed E-state index contributed by atoms with van der Waals surface area (Å²) in [5.41, 5.74) is 0. The fraction of sp³-hybridized carbons (Fsp3) is 0.182. The molecule has 0 aliphatic heterocycles. The minimum atomic E-state index is -1.82. The maximum Gasteiger partial charge on any atom is 0.414 e. The van der Waals surface area contributed by atoms with E-state index in [1.54, 1.807) is 0 Å². The van der Waals surface area contributed by atoms with E-state index in [9.17, 15) is 0 Å². The average Bonchev–Trinajstić information content (AvgIpc) is 2.63. The summed E-state index contributed by atoms with van der Waals surface area (Å²) >= 11 is 0. The quantitative estimate of drug-likeness (QED) is 0.190. The first-order valence-corrected chi connectivity index (χ1v) is 5.33. The van der Waals surface area contributed by atoms with Gasteiger partial charge in [0.05, 0.1) is 6.61 Å². The number of aliphatic hydroxyl groups is 2. The van der Waals surface area contributed by atoms with Crippen LogP contribution in [-0.4, -0.2) is 99.0 Å². The molecule has 0 aromatic heterocycles. The summed E-state index contributed by atoms with van der Waals surface area (Å²) < 4.78 is 0. The summed E-state index contributed by atoms with van der Waals surface area (Å²) in [6.45, 7) is -1.14. The summed E-state index contributed by atoms with van der Waals surface area (Å²) in [7, 11) is 0. The number of hydrogen-bond donors (Lipinski definition) is 6. The van der Waals surface area contributed by atoms with Crippen molar-refractivity contribution in [2.24, 2.45) is 0 Å². The summed E-state index contributed by atoms with van der Waals surface area (Å²) in [6.07, 6.45) is 0.903. The minimum Gasteiger partial charge on any atom is -0.480 e. The summed E-state index contributed by atoms with van der Waals surface area (Å²) in [6, 6.07) is 0. The van der Waals surface area contributed by atoms with Crippen molar-refractivity contribution in [1.29, 1.82) is 0 Å². The van der Waals surface area contributed by atoms with E-state index in [-0.39, 0.29) is 31.6 Å². The van der Waals surface area contributed by atoms with Crippen molar-refractivity contribution in [3.63, 3.8) is 0 Å². The van der Waals surface area contributed by atoms with Crippen LogP contribution in [-0.2, 0) is 47.9 Å². The lowest BCUT2D eigenvalue weighted by molar-refractivity contribution is -0.191. The predicted molar refractivity (Wildman–Crippen MR) is 74.0 cm³/mol. The van der Waals surface area contributed by atoms with Crippen LogP contribution in [0.4, 0.5) is 0 Å². The van der Waals surface area contributed by atoms with Crippen LogP contribution in [0.5, 0.6) is 0 Å². The number of aliphatic hydroxyl groups excluding tert-OH is 2. The van der Waals surface area contributed by atoms with E-state index in [1.807, 2.05) is 0 Å². The van der Waals surface area contributed by atoms with Gasteiger partial charge in [-0.15, -0.1) is 0 Å². The van der Waals surface area contributed by atoms with Gasteiger partial charge in [-0.1, -0.05) is 0 Å². The van der Waals surface area contributed by atoms with Crippen LogP contribution in [0.3, 0.4) is 0 Å². The Morgan fingerprint density at radius 3 is 0.926 bits per heavy atom. The molecule has 0 bridgehead atoms. The number of aldehydes is 4. The molecule has 6 N–H and O–H groups in total. The minimum absolute atomic E-state index is 0.167. The van der Waals surface area contributed by atoms with Crippen LogP contribution < -0.4 is 0 Å². The maximum absolute atomic E-state index is 9.12. The molecule has 0 saturated carbocycles. The zero-order valence-electron chi connectivity index (χ0n) is 13.0. The van der Waals surface area contributed by atoms with Gasteiger partial charge in [0, 0.05) is 0 Å². The highest BCUT2D eigenvalue weighted by molar-refractivity contribution is 6.27. The first-order chi connectivity index (χ1) is 12.4. The van der Waals surface area contributed by atoms with Crippen LogP contribution in [0.25, 0.3) is 0 Å². The van der Waals surface area contributed by atoms with Crippen LogP contribution in [0.1, 0.15) is 0 Å². The van der Waals surface area contributed by atoms with E-state index in [4.69, 9.17) is 78.6 Å². The normalized spacial score (nSPS) is 6.15. The standard InChI is InChI=1S/C2H2O4.C2H4O3.C2H2O3.C2H4O2.C2H2O2.CO2/c3-1(4)2(5)6;2*3-1-2(4)5;2*3-1-2-4;2-1-3/h(H,3,4)(H,5,6);3H,1H2,(H,4,5);1H,(H,4,5);1,4H,2H2;1-2H;. The smallest absolute Gasteiger partial charge is 0.414 e. The highest BCUT2D eigenvalue weighted by atomic mass is 16.4. The number of carboxylic acids is 4. The van der Waals surface area contributed by atoms with Gasteiger partial charge in [0.1, 0.15) is 12.9 Å². The third-order valence-corrected chi connectivity index (χ3v) is 0.549. The molecular formula is C11H14O16. The molecular weight excluding hydrogens is 388 g/mol. The average molecular weight is 402 g/mol. The number of hydrogen-bond acceptors (Lipinski definition) is 12. The molecule has 27 heavy (non-hydrogen) atoms. The number of carboxylic acid groups (broad SMARTS) is 4. The SMILES string of the molecule is O=C(O)C(=O)O.O=C(O)CO.O=C=O.O=CC(=O)O.O=CC=O.O=CCO. The summed E-state index contributed by atoms with van der Waals surface area (Å²) in [4.78, 5) is 88.0. The van der Waals surface area contributed by atoms with E-state index in [0.717, 1.165) is 0 Å². The fourth-order valence-electron chi connectivity index (χ4n) is 0. The predicted octanol–water partition coefficient (Wildman–Crippen LogP) is -4.53. The highest BCUT2D eigenvalue weighted by Gasteiger charge is 2.04. The molecule has 0 radical (unpaired) electrons. The molecule has 0 aromatic rings. The van der Waals surface area contributed by atoms with Gasteiger partial charge in [-0.25, -0.2) is 19.2 Å². The van der Waals surface area contributed by atoms with Gasteiger partial charge in [0.2, 0.25) is 6.29 Å². The topological polar surface area (TPSA) is 292 Å². The molecule has 0 aromatic carbocycles. The Labute approximate surface area is 148 Å². The Bertz CT molecular complexity index is 455. The molecule has 0 aliphatic carbocycles. The summed E-state index contributed by atoms with van der Waals surface area (Å²) in [5.74, 6) is -6.26. The maximum atomic E-state index is 9.12. The van der Waals surface area contributed by atoms with Gasteiger partial charge >= 0.3 is 30.0 Å². The van der Waals surface area contributed by atoms with Crippen LogP contribution in [0.15, 0.2) is 0 Å².